The number of fused-ring (bicyclic) bond motifs is 1. The van der Waals surface area contributed by atoms with Crippen molar-refractivity contribution in [1.29, 1.82) is 0 Å². The zero-order valence-corrected chi connectivity index (χ0v) is 19.9. The predicted octanol–water partition coefficient (Wildman–Crippen LogP) is 2.49. The van der Waals surface area contributed by atoms with Gasteiger partial charge < -0.3 is 19.9 Å². The summed E-state index contributed by atoms with van der Waals surface area (Å²) in [5, 5.41) is 16.5. The molecule has 190 valence electrons. The Morgan fingerprint density at radius 3 is 2.67 bits per heavy atom. The van der Waals surface area contributed by atoms with E-state index in [9.17, 15) is 23.9 Å². The highest BCUT2D eigenvalue weighted by Gasteiger charge is 2.60. The topological polar surface area (TPSA) is 126 Å². The third-order valence-electron chi connectivity index (χ3n) is 5.95. The first kappa shape index (κ1) is 25.7. The van der Waals surface area contributed by atoms with Crippen molar-refractivity contribution >= 4 is 34.8 Å². The number of halogens is 2. The molecule has 2 aliphatic heterocycles. The van der Waals surface area contributed by atoms with E-state index in [-0.39, 0.29) is 29.5 Å². The monoisotopic (exact) mass is 519 g/mol. The number of thioether (sulfide) groups is 1. The fraction of sp³-hybridized carbons (Fsp3) is 0.333. The Hall–Kier alpha value is -3.35. The number of carbonyl (C=O) groups is 3. The van der Waals surface area contributed by atoms with Crippen LogP contribution in [0.3, 0.4) is 0 Å². The van der Waals surface area contributed by atoms with E-state index in [1.807, 2.05) is 5.32 Å². The predicted molar refractivity (Wildman–Crippen MR) is 126 cm³/mol. The summed E-state index contributed by atoms with van der Waals surface area (Å²) >= 11 is 1.00. The van der Waals surface area contributed by atoms with Gasteiger partial charge in [0.2, 0.25) is 0 Å². The Kier molecular flexibility index (Phi) is 7.38. The highest BCUT2D eigenvalue weighted by molar-refractivity contribution is 8.14. The van der Waals surface area contributed by atoms with Gasteiger partial charge in [-0.2, -0.15) is 0 Å². The van der Waals surface area contributed by atoms with Crippen LogP contribution in [0.15, 0.2) is 53.5 Å². The summed E-state index contributed by atoms with van der Waals surface area (Å²) < 4.78 is 39.1. The Morgan fingerprint density at radius 1 is 1.22 bits per heavy atom. The summed E-state index contributed by atoms with van der Waals surface area (Å²) in [7, 11) is 0. The van der Waals surface area contributed by atoms with Gasteiger partial charge in [-0.3, -0.25) is 14.9 Å². The molecule has 1 fully saturated rings. The molecular weight excluding hydrogens is 496 g/mol. The van der Waals surface area contributed by atoms with Crippen molar-refractivity contribution in [2.45, 2.75) is 30.6 Å². The molecule has 1 saturated heterocycles. The van der Waals surface area contributed by atoms with Crippen LogP contribution in [0.2, 0.25) is 0 Å². The number of hydrogen-bond donors (Lipinski definition) is 3. The molecule has 12 heteroatoms. The number of imide groups is 1. The summed E-state index contributed by atoms with van der Waals surface area (Å²) in [4.78, 5) is 41.4. The van der Waals surface area contributed by atoms with Crippen LogP contribution in [-0.2, 0) is 19.8 Å². The second-order valence-electron chi connectivity index (χ2n) is 8.26. The Labute approximate surface area is 209 Å². The van der Waals surface area contributed by atoms with Crippen molar-refractivity contribution in [2.75, 3.05) is 19.0 Å². The van der Waals surface area contributed by atoms with Crippen molar-refractivity contribution in [2.24, 2.45) is 4.99 Å². The molecule has 9 nitrogen and oxygen atoms in total. The maximum Gasteiger partial charge on any atom is 0.413 e. The lowest BCUT2D eigenvalue weighted by Crippen LogP contribution is -2.65. The molecule has 0 saturated carbocycles. The highest BCUT2D eigenvalue weighted by atomic mass is 32.2. The number of amidine groups is 1. The molecule has 0 radical (unpaired) electrons. The van der Waals surface area contributed by atoms with Gasteiger partial charge in [0.1, 0.15) is 28.9 Å². The number of alkyl carbamates (subject to hydrolysis) is 1. The first-order valence-corrected chi connectivity index (χ1v) is 12.0. The van der Waals surface area contributed by atoms with Crippen molar-refractivity contribution in [3.05, 3.63) is 71.3 Å². The Balaban J connectivity index is 1.68. The molecule has 3 atom stereocenters. The Morgan fingerprint density at radius 2 is 1.97 bits per heavy atom. The van der Waals surface area contributed by atoms with Crippen LogP contribution in [-0.4, -0.2) is 58.9 Å². The fourth-order valence-electron chi connectivity index (χ4n) is 4.15. The quantitative estimate of drug-likeness (QED) is 0.567. The van der Waals surface area contributed by atoms with Crippen LogP contribution in [0.1, 0.15) is 29.3 Å². The summed E-state index contributed by atoms with van der Waals surface area (Å²) in [6.07, 6.45) is -2.60. The summed E-state index contributed by atoms with van der Waals surface area (Å²) in [5.41, 5.74) is -3.47. The lowest BCUT2D eigenvalue weighted by Gasteiger charge is -2.51. The van der Waals surface area contributed by atoms with E-state index < -0.39 is 53.4 Å². The summed E-state index contributed by atoms with van der Waals surface area (Å²) in [6.45, 7) is 1.13. The molecular formula is C24H23F2N3O6S. The van der Waals surface area contributed by atoms with E-state index in [0.29, 0.717) is 11.6 Å². The van der Waals surface area contributed by atoms with Crippen LogP contribution in [0, 0.1) is 11.6 Å². The van der Waals surface area contributed by atoms with Crippen LogP contribution in [0.5, 0.6) is 0 Å². The normalized spacial score (nSPS) is 25.2. The second-order valence-corrected chi connectivity index (χ2v) is 9.22. The van der Waals surface area contributed by atoms with Crippen LogP contribution in [0.25, 0.3) is 0 Å². The molecule has 4 rings (SSSR count). The van der Waals surface area contributed by atoms with Crippen molar-refractivity contribution in [3.63, 3.8) is 0 Å². The maximum absolute atomic E-state index is 15.0. The van der Waals surface area contributed by atoms with Crippen molar-refractivity contribution in [1.82, 2.24) is 10.6 Å². The first-order chi connectivity index (χ1) is 17.2. The molecule has 0 aromatic heterocycles. The van der Waals surface area contributed by atoms with Crippen molar-refractivity contribution < 1.29 is 37.7 Å². The molecule has 3 amide bonds. The summed E-state index contributed by atoms with van der Waals surface area (Å²) in [5.74, 6) is -3.22. The molecule has 2 heterocycles. The molecule has 0 bridgehead atoms. The zero-order valence-electron chi connectivity index (χ0n) is 19.1. The average Bonchev–Trinajstić information content (AvgIpc) is 2.84. The highest BCUT2D eigenvalue weighted by Crippen LogP contribution is 2.49. The molecule has 2 aliphatic rings. The van der Waals surface area contributed by atoms with E-state index in [0.717, 1.165) is 23.9 Å². The zero-order chi connectivity index (χ0) is 25.9. The number of benzene rings is 2. The van der Waals surface area contributed by atoms with Gasteiger partial charge in [0.15, 0.2) is 5.17 Å². The molecule has 2 aromatic carbocycles. The fourth-order valence-corrected chi connectivity index (χ4v) is 5.27. The van der Waals surface area contributed by atoms with Gasteiger partial charge in [-0.1, -0.05) is 36.0 Å². The van der Waals surface area contributed by atoms with E-state index >= 15 is 4.39 Å². The van der Waals surface area contributed by atoms with Gasteiger partial charge in [-0.25, -0.2) is 18.6 Å². The van der Waals surface area contributed by atoms with E-state index in [2.05, 4.69) is 10.3 Å². The molecule has 2 aromatic rings. The number of ether oxygens (including phenoxy) is 2. The molecule has 1 unspecified atom stereocenters. The SMILES string of the molecule is CCOC(=O)NC(=O)C1C[C@@]2(O)CSC(NC(=O)c3ccccc3)=N[C@@]2(c2ccc(F)cc2F)CO1. The number of nitrogens with zero attached hydrogens (tertiary/aromatic N) is 1. The average molecular weight is 520 g/mol. The number of hydrogen-bond acceptors (Lipinski definition) is 8. The van der Waals surface area contributed by atoms with Gasteiger partial charge in [0.05, 0.1) is 13.2 Å². The van der Waals surface area contributed by atoms with Crippen LogP contribution < -0.4 is 10.6 Å². The smallest absolute Gasteiger partial charge is 0.413 e. The minimum Gasteiger partial charge on any atom is -0.450 e. The van der Waals surface area contributed by atoms with Crippen molar-refractivity contribution in [3.8, 4) is 0 Å². The minimum absolute atomic E-state index is 0.0460. The van der Waals surface area contributed by atoms with E-state index in [4.69, 9.17) is 9.47 Å². The number of aliphatic imine (C=N–C) groups is 1. The molecule has 0 aliphatic carbocycles. The third-order valence-corrected chi connectivity index (χ3v) is 7.04. The number of amides is 3. The van der Waals surface area contributed by atoms with Crippen LogP contribution in [0.4, 0.5) is 13.6 Å². The molecule has 3 N–H and O–H groups in total. The lowest BCUT2D eigenvalue weighted by molar-refractivity contribution is -0.167. The van der Waals surface area contributed by atoms with Gasteiger partial charge in [-0.05, 0) is 25.1 Å². The second kappa shape index (κ2) is 10.3. The number of rotatable bonds is 4. The third kappa shape index (κ3) is 4.97. The summed E-state index contributed by atoms with van der Waals surface area (Å²) in [6, 6.07) is 11.2. The van der Waals surface area contributed by atoms with Gasteiger partial charge >= 0.3 is 6.09 Å². The first-order valence-electron chi connectivity index (χ1n) is 11.0. The largest absolute Gasteiger partial charge is 0.450 e. The van der Waals surface area contributed by atoms with E-state index in [1.165, 1.54) is 0 Å². The molecule has 36 heavy (non-hydrogen) atoms. The van der Waals surface area contributed by atoms with Gasteiger partial charge in [0, 0.05) is 29.4 Å². The molecule has 0 spiro atoms. The van der Waals surface area contributed by atoms with Gasteiger partial charge in [0.25, 0.3) is 11.8 Å². The van der Waals surface area contributed by atoms with E-state index in [1.54, 1.807) is 37.3 Å². The number of aliphatic hydroxyl groups is 1. The standard InChI is InChI=1S/C24H23F2N3O6S/c1-2-34-22(32)28-20(31)18-11-23(33)13-36-21(27-19(30)14-6-4-3-5-7-14)29-24(23,12-35-18)16-9-8-15(25)10-17(16)26/h3-10,18,33H,2,11-13H2,1H3,(H,27,29,30)(H,28,31,32)/t18?,23-,24-/m1/s1. The number of carbonyl (C=O) groups excluding carboxylic acids is 3. The maximum atomic E-state index is 15.0. The lowest BCUT2D eigenvalue weighted by atomic mass is 9.71. The Bertz CT molecular complexity index is 1210. The minimum atomic E-state index is -1.85. The van der Waals surface area contributed by atoms with Crippen LogP contribution >= 0.6 is 11.8 Å². The number of nitrogens with one attached hydrogen (secondary N) is 2. The van der Waals surface area contributed by atoms with Gasteiger partial charge in [-0.15, -0.1) is 0 Å².